The fourth-order valence-electron chi connectivity index (χ4n) is 1.58. The molecule has 0 saturated carbocycles. The van der Waals surface area contributed by atoms with Crippen molar-refractivity contribution in [3.05, 3.63) is 34.6 Å². The molecule has 0 saturated heterocycles. The summed E-state index contributed by atoms with van der Waals surface area (Å²) in [7, 11) is 0. The Balaban J connectivity index is 2.53. The number of benzene rings is 1. The van der Waals surface area contributed by atoms with Crippen LogP contribution in [0.3, 0.4) is 0 Å². The minimum atomic E-state index is 0.883. The van der Waals surface area contributed by atoms with Crippen LogP contribution in [0.5, 0.6) is 0 Å². The van der Waals surface area contributed by atoms with Crippen molar-refractivity contribution in [3.8, 4) is 11.4 Å². The van der Waals surface area contributed by atoms with Crippen LogP contribution in [-0.4, -0.2) is 14.8 Å². The first kappa shape index (κ1) is 10.4. The molecule has 0 spiro atoms. The second-order valence-electron chi connectivity index (χ2n) is 3.46. The second-order valence-corrected chi connectivity index (χ2v) is 4.37. The lowest BCUT2D eigenvalue weighted by atomic mass is 10.1. The van der Waals surface area contributed by atoms with Gasteiger partial charge in [0, 0.05) is 16.6 Å². The average Bonchev–Trinajstić information content (AvgIpc) is 2.63. The summed E-state index contributed by atoms with van der Waals surface area (Å²) in [4.78, 5) is 0. The first-order valence-corrected chi connectivity index (χ1v) is 5.65. The van der Waals surface area contributed by atoms with E-state index in [1.165, 1.54) is 5.56 Å². The Morgan fingerprint density at radius 2 is 2.13 bits per heavy atom. The lowest BCUT2D eigenvalue weighted by Gasteiger charge is -2.05. The van der Waals surface area contributed by atoms with Gasteiger partial charge in [0.1, 0.15) is 6.33 Å². The molecular weight excluding hydrogens is 254 g/mol. The van der Waals surface area contributed by atoms with Gasteiger partial charge in [-0.1, -0.05) is 15.9 Å². The van der Waals surface area contributed by atoms with Crippen LogP contribution in [0.2, 0.25) is 0 Å². The number of hydrogen-bond acceptors (Lipinski definition) is 2. The Kier molecular flexibility index (Phi) is 2.86. The van der Waals surface area contributed by atoms with Crippen molar-refractivity contribution >= 4 is 15.9 Å². The molecule has 0 amide bonds. The minimum Gasteiger partial charge on any atom is -0.314 e. The molecule has 2 rings (SSSR count). The van der Waals surface area contributed by atoms with Gasteiger partial charge in [0.05, 0.1) is 0 Å². The summed E-state index contributed by atoms with van der Waals surface area (Å²) < 4.78 is 3.10. The summed E-state index contributed by atoms with van der Waals surface area (Å²) in [5.41, 5.74) is 2.31. The smallest absolute Gasteiger partial charge is 0.163 e. The van der Waals surface area contributed by atoms with Gasteiger partial charge in [0.25, 0.3) is 0 Å². The summed E-state index contributed by atoms with van der Waals surface area (Å²) in [6.07, 6.45) is 1.76. The fourth-order valence-corrected chi connectivity index (χ4v) is 2.18. The Morgan fingerprint density at radius 3 is 2.80 bits per heavy atom. The third kappa shape index (κ3) is 2.09. The van der Waals surface area contributed by atoms with Crippen molar-refractivity contribution in [2.75, 3.05) is 0 Å². The van der Waals surface area contributed by atoms with Crippen LogP contribution in [0.25, 0.3) is 11.4 Å². The predicted octanol–water partition coefficient (Wildman–Crippen LogP) is 3.04. The summed E-state index contributed by atoms with van der Waals surface area (Å²) >= 11 is 3.49. The topological polar surface area (TPSA) is 30.7 Å². The number of rotatable bonds is 2. The molecule has 1 aromatic heterocycles. The van der Waals surface area contributed by atoms with Crippen molar-refractivity contribution in [1.29, 1.82) is 0 Å². The fraction of sp³-hybridized carbons (Fsp3) is 0.273. The summed E-state index contributed by atoms with van der Waals surface area (Å²) in [6, 6.07) is 6.25. The highest BCUT2D eigenvalue weighted by Crippen LogP contribution is 2.23. The Labute approximate surface area is 97.3 Å². The van der Waals surface area contributed by atoms with E-state index in [1.54, 1.807) is 6.33 Å². The molecule has 0 bridgehead atoms. The molecule has 78 valence electrons. The van der Waals surface area contributed by atoms with Crippen molar-refractivity contribution in [2.24, 2.45) is 0 Å². The van der Waals surface area contributed by atoms with Gasteiger partial charge in [0.15, 0.2) is 5.82 Å². The Morgan fingerprint density at radius 1 is 1.33 bits per heavy atom. The molecule has 0 aliphatic heterocycles. The van der Waals surface area contributed by atoms with Gasteiger partial charge in [-0.05, 0) is 37.6 Å². The summed E-state index contributed by atoms with van der Waals surface area (Å²) in [5, 5.41) is 8.06. The number of aromatic nitrogens is 3. The van der Waals surface area contributed by atoms with Crippen LogP contribution >= 0.6 is 15.9 Å². The number of aryl methyl sites for hydroxylation is 2. The molecule has 3 nitrogen and oxygen atoms in total. The lowest BCUT2D eigenvalue weighted by molar-refractivity contribution is 0.767. The highest BCUT2D eigenvalue weighted by atomic mass is 79.9. The van der Waals surface area contributed by atoms with E-state index in [9.17, 15) is 0 Å². The van der Waals surface area contributed by atoms with Gasteiger partial charge >= 0.3 is 0 Å². The van der Waals surface area contributed by atoms with Gasteiger partial charge in [0.2, 0.25) is 0 Å². The summed E-state index contributed by atoms with van der Waals surface area (Å²) in [5.74, 6) is 0.918. The van der Waals surface area contributed by atoms with Crippen LogP contribution in [0.4, 0.5) is 0 Å². The average molecular weight is 266 g/mol. The van der Waals surface area contributed by atoms with Gasteiger partial charge in [-0.2, -0.15) is 0 Å². The van der Waals surface area contributed by atoms with Crippen LogP contribution < -0.4 is 0 Å². The monoisotopic (exact) mass is 265 g/mol. The highest BCUT2D eigenvalue weighted by molar-refractivity contribution is 9.10. The van der Waals surface area contributed by atoms with E-state index in [4.69, 9.17) is 0 Å². The minimum absolute atomic E-state index is 0.883. The molecular formula is C11H12BrN3. The zero-order valence-corrected chi connectivity index (χ0v) is 10.3. The number of nitrogens with zero attached hydrogens (tertiary/aromatic N) is 3. The van der Waals surface area contributed by atoms with E-state index < -0.39 is 0 Å². The van der Waals surface area contributed by atoms with Crippen LogP contribution in [0, 0.1) is 6.92 Å². The third-order valence-corrected chi connectivity index (χ3v) is 2.71. The van der Waals surface area contributed by atoms with Gasteiger partial charge in [-0.3, -0.25) is 0 Å². The molecule has 0 radical (unpaired) electrons. The molecule has 2 aromatic rings. The Hall–Kier alpha value is -1.16. The van der Waals surface area contributed by atoms with E-state index in [0.29, 0.717) is 0 Å². The van der Waals surface area contributed by atoms with Crippen molar-refractivity contribution in [1.82, 2.24) is 14.8 Å². The van der Waals surface area contributed by atoms with Crippen LogP contribution in [0.15, 0.2) is 29.0 Å². The van der Waals surface area contributed by atoms with Gasteiger partial charge in [-0.25, -0.2) is 0 Å². The Bertz CT molecular complexity index is 456. The SMILES string of the molecule is CCn1cnnc1-c1cc(C)cc(Br)c1. The second kappa shape index (κ2) is 4.14. The number of halogens is 1. The number of hydrogen-bond donors (Lipinski definition) is 0. The van der Waals surface area contributed by atoms with E-state index in [0.717, 1.165) is 22.4 Å². The van der Waals surface area contributed by atoms with Gasteiger partial charge < -0.3 is 4.57 Å². The standard InChI is InChI=1S/C11H12BrN3/c1-3-15-7-13-14-11(15)9-4-8(2)5-10(12)6-9/h4-7H,3H2,1-2H3. The third-order valence-electron chi connectivity index (χ3n) is 2.26. The maximum absolute atomic E-state index is 4.13. The lowest BCUT2D eigenvalue weighted by Crippen LogP contribution is -1.96. The molecule has 15 heavy (non-hydrogen) atoms. The molecule has 1 heterocycles. The first-order valence-electron chi connectivity index (χ1n) is 4.86. The zero-order valence-electron chi connectivity index (χ0n) is 8.74. The van der Waals surface area contributed by atoms with E-state index in [1.807, 2.05) is 4.57 Å². The molecule has 1 aromatic carbocycles. The highest BCUT2D eigenvalue weighted by Gasteiger charge is 2.06. The molecule has 0 atom stereocenters. The van der Waals surface area contributed by atoms with Crippen LogP contribution in [-0.2, 0) is 6.54 Å². The molecule has 0 N–H and O–H groups in total. The van der Waals surface area contributed by atoms with E-state index in [2.05, 4.69) is 58.2 Å². The van der Waals surface area contributed by atoms with Crippen molar-refractivity contribution < 1.29 is 0 Å². The predicted molar refractivity (Wildman–Crippen MR) is 63.6 cm³/mol. The zero-order chi connectivity index (χ0) is 10.8. The van der Waals surface area contributed by atoms with Crippen molar-refractivity contribution in [2.45, 2.75) is 20.4 Å². The molecule has 0 fully saturated rings. The van der Waals surface area contributed by atoms with Gasteiger partial charge in [-0.15, -0.1) is 10.2 Å². The molecule has 0 aliphatic carbocycles. The normalized spacial score (nSPS) is 10.6. The van der Waals surface area contributed by atoms with Crippen molar-refractivity contribution in [3.63, 3.8) is 0 Å². The quantitative estimate of drug-likeness (QED) is 0.836. The maximum atomic E-state index is 4.13. The molecule has 4 heteroatoms. The first-order chi connectivity index (χ1) is 7.20. The largest absolute Gasteiger partial charge is 0.314 e. The molecule has 0 aliphatic rings. The summed E-state index contributed by atoms with van der Waals surface area (Å²) in [6.45, 7) is 5.03. The maximum Gasteiger partial charge on any atom is 0.163 e. The van der Waals surface area contributed by atoms with Crippen LogP contribution in [0.1, 0.15) is 12.5 Å². The molecule has 0 unspecified atom stereocenters. The van der Waals surface area contributed by atoms with E-state index >= 15 is 0 Å². The van der Waals surface area contributed by atoms with E-state index in [-0.39, 0.29) is 0 Å².